The summed E-state index contributed by atoms with van der Waals surface area (Å²) in [4.78, 5) is 28.4. The van der Waals surface area contributed by atoms with Crippen molar-refractivity contribution in [1.82, 2.24) is 4.90 Å². The maximum absolute atomic E-state index is 12.7. The number of morpholine rings is 1. The summed E-state index contributed by atoms with van der Waals surface area (Å²) in [5, 5.41) is 0. The normalized spacial score (nSPS) is 26.8. The Morgan fingerprint density at radius 2 is 1.96 bits per heavy atom. The van der Waals surface area contributed by atoms with Crippen LogP contribution in [0, 0.1) is 0 Å². The molecular formula is C19H24N2O3. The van der Waals surface area contributed by atoms with E-state index in [0.29, 0.717) is 26.0 Å². The molecule has 5 nitrogen and oxygen atoms in total. The third kappa shape index (κ3) is 2.93. The zero-order chi connectivity index (χ0) is 16.5. The van der Waals surface area contributed by atoms with Gasteiger partial charge >= 0.3 is 0 Å². The summed E-state index contributed by atoms with van der Waals surface area (Å²) >= 11 is 0. The first-order chi connectivity index (χ1) is 11.7. The average Bonchev–Trinajstić information content (AvgIpc) is 3.24. The molecule has 1 aliphatic carbocycles. The van der Waals surface area contributed by atoms with Gasteiger partial charge in [-0.3, -0.25) is 9.59 Å². The van der Waals surface area contributed by atoms with Gasteiger partial charge in [0.15, 0.2) is 0 Å². The lowest BCUT2D eigenvalue weighted by Gasteiger charge is -2.37. The van der Waals surface area contributed by atoms with Crippen LogP contribution < -0.4 is 4.90 Å². The van der Waals surface area contributed by atoms with Gasteiger partial charge in [-0.1, -0.05) is 12.1 Å². The maximum atomic E-state index is 12.7. The molecule has 5 heteroatoms. The van der Waals surface area contributed by atoms with Gasteiger partial charge < -0.3 is 14.5 Å². The molecule has 2 amide bonds. The molecule has 2 heterocycles. The number of anilines is 1. The number of rotatable bonds is 3. The predicted molar refractivity (Wildman–Crippen MR) is 90.8 cm³/mol. The lowest BCUT2D eigenvalue weighted by Crippen LogP contribution is -2.51. The van der Waals surface area contributed by atoms with E-state index in [4.69, 9.17) is 4.74 Å². The Hall–Kier alpha value is -1.88. The van der Waals surface area contributed by atoms with Gasteiger partial charge in [0.1, 0.15) is 0 Å². The molecule has 128 valence electrons. The largest absolute Gasteiger partial charge is 0.374 e. The fraction of sp³-hybridized carbons (Fsp3) is 0.579. The number of benzene rings is 1. The van der Waals surface area contributed by atoms with Crippen molar-refractivity contribution in [2.45, 2.75) is 50.7 Å². The SMILES string of the molecule is O=C1CCCN1c1ccc(CC(=O)N2CCO[C@@H]3CCC[C@H]32)cc1. The van der Waals surface area contributed by atoms with Gasteiger partial charge in [0.05, 0.1) is 25.2 Å². The van der Waals surface area contributed by atoms with Crippen LogP contribution in [0.4, 0.5) is 5.69 Å². The molecule has 1 saturated carbocycles. The number of fused-ring (bicyclic) bond motifs is 1. The van der Waals surface area contributed by atoms with Gasteiger partial charge in [-0.2, -0.15) is 0 Å². The van der Waals surface area contributed by atoms with Crippen LogP contribution in [0.25, 0.3) is 0 Å². The molecule has 0 radical (unpaired) electrons. The van der Waals surface area contributed by atoms with Crippen molar-refractivity contribution in [3.8, 4) is 0 Å². The second-order valence-corrected chi connectivity index (χ2v) is 6.99. The molecule has 0 spiro atoms. The summed E-state index contributed by atoms with van der Waals surface area (Å²) in [6.07, 6.45) is 5.53. The molecule has 1 aromatic carbocycles. The van der Waals surface area contributed by atoms with E-state index in [1.807, 2.05) is 34.1 Å². The Morgan fingerprint density at radius 3 is 2.71 bits per heavy atom. The van der Waals surface area contributed by atoms with Gasteiger partial charge in [0, 0.05) is 25.2 Å². The predicted octanol–water partition coefficient (Wildman–Crippen LogP) is 2.14. The number of hydrogen-bond donors (Lipinski definition) is 0. The van der Waals surface area contributed by atoms with Crippen molar-refractivity contribution in [2.75, 3.05) is 24.6 Å². The lowest BCUT2D eigenvalue weighted by molar-refractivity contribution is -0.143. The van der Waals surface area contributed by atoms with Gasteiger partial charge in [-0.15, -0.1) is 0 Å². The first-order valence-corrected chi connectivity index (χ1v) is 9.03. The highest BCUT2D eigenvalue weighted by atomic mass is 16.5. The molecule has 3 fully saturated rings. The minimum atomic E-state index is 0.194. The lowest BCUT2D eigenvalue weighted by atomic mass is 10.1. The topological polar surface area (TPSA) is 49.9 Å². The van der Waals surface area contributed by atoms with Gasteiger partial charge in [0.2, 0.25) is 11.8 Å². The van der Waals surface area contributed by atoms with Crippen LogP contribution in [0.5, 0.6) is 0 Å². The number of ether oxygens (including phenoxy) is 1. The summed E-state index contributed by atoms with van der Waals surface area (Å²) in [6, 6.07) is 8.15. The fourth-order valence-electron chi connectivity index (χ4n) is 4.23. The van der Waals surface area contributed by atoms with Crippen LogP contribution in [-0.2, 0) is 20.7 Å². The first-order valence-electron chi connectivity index (χ1n) is 9.03. The summed E-state index contributed by atoms with van der Waals surface area (Å²) in [5.41, 5.74) is 1.95. The smallest absolute Gasteiger partial charge is 0.227 e. The summed E-state index contributed by atoms with van der Waals surface area (Å²) in [5.74, 6) is 0.389. The minimum Gasteiger partial charge on any atom is -0.374 e. The van der Waals surface area contributed by atoms with Crippen LogP contribution in [0.1, 0.15) is 37.7 Å². The van der Waals surface area contributed by atoms with Crippen molar-refractivity contribution >= 4 is 17.5 Å². The van der Waals surface area contributed by atoms with Crippen molar-refractivity contribution in [1.29, 1.82) is 0 Å². The van der Waals surface area contributed by atoms with Gasteiger partial charge in [-0.05, 0) is 43.4 Å². The summed E-state index contributed by atoms with van der Waals surface area (Å²) in [6.45, 7) is 2.16. The van der Waals surface area contributed by atoms with Crippen molar-refractivity contribution in [3.63, 3.8) is 0 Å². The van der Waals surface area contributed by atoms with Crippen molar-refractivity contribution in [2.24, 2.45) is 0 Å². The van der Waals surface area contributed by atoms with E-state index in [1.165, 1.54) is 0 Å². The number of carbonyl (C=O) groups excluding carboxylic acids is 2. The summed E-state index contributed by atoms with van der Waals surface area (Å²) < 4.78 is 5.78. The molecular weight excluding hydrogens is 304 g/mol. The third-order valence-corrected chi connectivity index (χ3v) is 5.48. The molecule has 2 aliphatic heterocycles. The highest BCUT2D eigenvalue weighted by Crippen LogP contribution is 2.30. The van der Waals surface area contributed by atoms with E-state index in [0.717, 1.165) is 43.5 Å². The Kier molecular flexibility index (Phi) is 4.27. The van der Waals surface area contributed by atoms with Crippen LogP contribution in [-0.4, -0.2) is 48.6 Å². The first kappa shape index (κ1) is 15.6. The van der Waals surface area contributed by atoms with Crippen molar-refractivity contribution in [3.05, 3.63) is 29.8 Å². The highest BCUT2D eigenvalue weighted by Gasteiger charge is 2.38. The highest BCUT2D eigenvalue weighted by molar-refractivity contribution is 5.95. The van der Waals surface area contributed by atoms with E-state index >= 15 is 0 Å². The molecule has 4 rings (SSSR count). The van der Waals surface area contributed by atoms with Gasteiger partial charge in [0.25, 0.3) is 0 Å². The molecule has 1 aromatic rings. The molecule has 2 atom stereocenters. The second kappa shape index (κ2) is 6.55. The summed E-state index contributed by atoms with van der Waals surface area (Å²) in [7, 11) is 0. The Morgan fingerprint density at radius 1 is 1.12 bits per heavy atom. The molecule has 0 aromatic heterocycles. The molecule has 0 bridgehead atoms. The van der Waals surface area contributed by atoms with Crippen LogP contribution >= 0.6 is 0 Å². The maximum Gasteiger partial charge on any atom is 0.227 e. The number of amides is 2. The monoisotopic (exact) mass is 328 g/mol. The Balaban J connectivity index is 1.41. The average molecular weight is 328 g/mol. The number of hydrogen-bond acceptors (Lipinski definition) is 3. The van der Waals surface area contributed by atoms with E-state index in [1.54, 1.807) is 0 Å². The molecule has 0 unspecified atom stereocenters. The Bertz CT molecular complexity index is 628. The zero-order valence-electron chi connectivity index (χ0n) is 13.9. The zero-order valence-corrected chi connectivity index (χ0v) is 13.9. The van der Waals surface area contributed by atoms with E-state index in [-0.39, 0.29) is 24.0 Å². The van der Waals surface area contributed by atoms with E-state index in [9.17, 15) is 9.59 Å². The van der Waals surface area contributed by atoms with E-state index in [2.05, 4.69) is 0 Å². The van der Waals surface area contributed by atoms with Crippen LogP contribution in [0.2, 0.25) is 0 Å². The standard InChI is InChI=1S/C19H24N2O3/c22-18-5-2-10-20(18)15-8-6-14(7-9-15)13-19(23)21-11-12-24-17-4-1-3-16(17)21/h6-9,16-17H,1-5,10-13H2/t16-,17-/m1/s1. The third-order valence-electron chi connectivity index (χ3n) is 5.48. The Labute approximate surface area is 142 Å². The van der Waals surface area contributed by atoms with Crippen molar-refractivity contribution < 1.29 is 14.3 Å². The van der Waals surface area contributed by atoms with Gasteiger partial charge in [-0.25, -0.2) is 0 Å². The quantitative estimate of drug-likeness (QED) is 0.854. The molecule has 3 aliphatic rings. The van der Waals surface area contributed by atoms with E-state index < -0.39 is 0 Å². The van der Waals surface area contributed by atoms with Crippen LogP contribution in [0.15, 0.2) is 24.3 Å². The second-order valence-electron chi connectivity index (χ2n) is 6.99. The number of carbonyl (C=O) groups is 2. The molecule has 2 saturated heterocycles. The molecule has 0 N–H and O–H groups in total. The number of nitrogens with zero attached hydrogens (tertiary/aromatic N) is 2. The van der Waals surface area contributed by atoms with Crippen LogP contribution in [0.3, 0.4) is 0 Å². The minimum absolute atomic E-state index is 0.194. The fourth-order valence-corrected chi connectivity index (χ4v) is 4.23. The molecule has 24 heavy (non-hydrogen) atoms.